The van der Waals surface area contributed by atoms with Gasteiger partial charge < -0.3 is 19.9 Å². The second-order valence-electron chi connectivity index (χ2n) is 7.03. The first-order chi connectivity index (χ1) is 12.6. The van der Waals surface area contributed by atoms with Gasteiger partial charge in [0.2, 0.25) is 5.91 Å². The molecule has 26 heavy (non-hydrogen) atoms. The van der Waals surface area contributed by atoms with E-state index in [0.29, 0.717) is 31.7 Å². The molecule has 0 spiro atoms. The first-order valence-electron chi connectivity index (χ1n) is 9.16. The molecule has 2 aliphatic heterocycles. The highest BCUT2D eigenvalue weighted by atomic mass is 19.1. The van der Waals surface area contributed by atoms with Gasteiger partial charge in [0.05, 0.1) is 37.9 Å². The van der Waals surface area contributed by atoms with Crippen LogP contribution in [0.2, 0.25) is 0 Å². The second kappa shape index (κ2) is 8.90. The van der Waals surface area contributed by atoms with E-state index in [1.54, 1.807) is 19.2 Å². The predicted molar refractivity (Wildman–Crippen MR) is 94.0 cm³/mol. The van der Waals surface area contributed by atoms with Crippen molar-refractivity contribution in [2.45, 2.75) is 50.2 Å². The maximum Gasteiger partial charge on any atom is 0.222 e. The summed E-state index contributed by atoms with van der Waals surface area (Å²) in [5, 5.41) is 12.8. The summed E-state index contributed by atoms with van der Waals surface area (Å²) in [6.07, 6.45) is 0.939. The molecule has 2 saturated heterocycles. The summed E-state index contributed by atoms with van der Waals surface area (Å²) in [5.41, 5.74) is 0.604. The van der Waals surface area contributed by atoms with E-state index >= 15 is 0 Å². The molecule has 1 aromatic carbocycles. The van der Waals surface area contributed by atoms with Gasteiger partial charge in [0.15, 0.2) is 0 Å². The number of ether oxygens (including phenoxy) is 2. The molecule has 2 fully saturated rings. The number of aliphatic hydroxyl groups is 1. The summed E-state index contributed by atoms with van der Waals surface area (Å²) in [6.45, 7) is 1.40. The average molecular weight is 366 g/mol. The summed E-state index contributed by atoms with van der Waals surface area (Å²) in [5.74, 6) is -0.287. The van der Waals surface area contributed by atoms with Gasteiger partial charge in [0, 0.05) is 31.7 Å². The lowest BCUT2D eigenvalue weighted by molar-refractivity contribution is -0.158. The van der Waals surface area contributed by atoms with E-state index in [0.717, 1.165) is 12.8 Å². The van der Waals surface area contributed by atoms with Gasteiger partial charge in [-0.1, -0.05) is 18.2 Å². The summed E-state index contributed by atoms with van der Waals surface area (Å²) >= 11 is 0. The summed E-state index contributed by atoms with van der Waals surface area (Å²) in [7, 11) is 1.62. The van der Waals surface area contributed by atoms with E-state index in [4.69, 9.17) is 9.47 Å². The Hall–Kier alpha value is -1.54. The number of carbonyl (C=O) groups excluding carboxylic acids is 1. The third-order valence-electron chi connectivity index (χ3n) is 5.11. The van der Waals surface area contributed by atoms with Crippen LogP contribution in [0.15, 0.2) is 24.3 Å². The number of carbonyl (C=O) groups is 1. The fraction of sp³-hybridized carbons (Fsp3) is 0.632. The number of aliphatic hydroxyl groups excluding tert-OH is 1. The molecule has 2 heterocycles. The van der Waals surface area contributed by atoms with Gasteiger partial charge in [0.25, 0.3) is 0 Å². The highest BCUT2D eigenvalue weighted by molar-refractivity contribution is 5.76. The first kappa shape index (κ1) is 19.2. The van der Waals surface area contributed by atoms with E-state index in [1.165, 1.54) is 6.07 Å². The number of nitrogens with zero attached hydrogens (tertiary/aromatic N) is 1. The molecule has 0 unspecified atom stereocenters. The predicted octanol–water partition coefficient (Wildman–Crippen LogP) is 1.07. The Morgan fingerprint density at radius 3 is 2.92 bits per heavy atom. The number of fused-ring (bicyclic) bond motifs is 1. The quantitative estimate of drug-likeness (QED) is 0.834. The fourth-order valence-corrected chi connectivity index (χ4v) is 3.78. The van der Waals surface area contributed by atoms with Crippen molar-refractivity contribution < 1.29 is 23.8 Å². The minimum absolute atomic E-state index is 0.0190. The molecule has 1 amide bonds. The van der Waals surface area contributed by atoms with Crippen molar-refractivity contribution in [2.24, 2.45) is 0 Å². The number of amides is 1. The van der Waals surface area contributed by atoms with Gasteiger partial charge in [-0.05, 0) is 18.9 Å². The van der Waals surface area contributed by atoms with Crippen molar-refractivity contribution in [3.8, 4) is 0 Å². The third-order valence-corrected chi connectivity index (χ3v) is 5.11. The molecular formula is C19H27FN2O4. The number of hydrogen-bond donors (Lipinski definition) is 2. The Kier molecular flexibility index (Phi) is 6.58. The van der Waals surface area contributed by atoms with Crippen molar-refractivity contribution in [2.75, 3.05) is 26.8 Å². The molecule has 7 heteroatoms. The molecule has 2 aliphatic rings. The Morgan fingerprint density at radius 1 is 1.35 bits per heavy atom. The van der Waals surface area contributed by atoms with Crippen molar-refractivity contribution in [1.82, 2.24) is 10.2 Å². The normalized spacial score (nSPS) is 30.1. The van der Waals surface area contributed by atoms with Crippen molar-refractivity contribution in [3.63, 3.8) is 0 Å². The van der Waals surface area contributed by atoms with Crippen LogP contribution in [0.5, 0.6) is 0 Å². The van der Waals surface area contributed by atoms with Crippen LogP contribution in [0.3, 0.4) is 0 Å². The third kappa shape index (κ3) is 4.79. The molecule has 2 N–H and O–H groups in total. The van der Waals surface area contributed by atoms with E-state index in [9.17, 15) is 14.3 Å². The lowest BCUT2D eigenvalue weighted by Gasteiger charge is -2.44. The number of rotatable bonds is 4. The summed E-state index contributed by atoms with van der Waals surface area (Å²) < 4.78 is 25.8. The lowest BCUT2D eigenvalue weighted by Crippen LogP contribution is -2.55. The van der Waals surface area contributed by atoms with Crippen LogP contribution >= 0.6 is 0 Å². The smallest absolute Gasteiger partial charge is 0.222 e. The molecule has 0 radical (unpaired) electrons. The molecule has 1 aromatic rings. The number of nitrogens with one attached hydrogen (secondary N) is 1. The Labute approximate surface area is 153 Å². The van der Waals surface area contributed by atoms with Crippen LogP contribution in [0.4, 0.5) is 4.39 Å². The van der Waals surface area contributed by atoms with Gasteiger partial charge in [-0.25, -0.2) is 4.39 Å². The summed E-state index contributed by atoms with van der Waals surface area (Å²) in [6, 6.07) is 6.73. The fourth-order valence-electron chi connectivity index (χ4n) is 3.78. The van der Waals surface area contributed by atoms with Crippen LogP contribution in [0.1, 0.15) is 24.8 Å². The van der Waals surface area contributed by atoms with Crippen LogP contribution in [-0.2, 0) is 20.8 Å². The zero-order valence-corrected chi connectivity index (χ0v) is 15.1. The van der Waals surface area contributed by atoms with Crippen LogP contribution in [0.25, 0.3) is 0 Å². The number of β-amino-alcohol motifs (C(OH)–C–C–N with tert-alkyl or cyclic N) is 1. The maximum absolute atomic E-state index is 14.1. The van der Waals surface area contributed by atoms with E-state index in [2.05, 4.69) is 10.2 Å². The topological polar surface area (TPSA) is 71.0 Å². The average Bonchev–Trinajstić information content (AvgIpc) is 2.62. The SMILES string of the molecule is CNC(=O)C[C@@H]1CC[C@@H]2[C@H](COC[C@@H](O)CN2Cc2ccccc2F)O1. The van der Waals surface area contributed by atoms with Gasteiger partial charge in [0.1, 0.15) is 5.82 Å². The monoisotopic (exact) mass is 366 g/mol. The van der Waals surface area contributed by atoms with Crippen LogP contribution in [0, 0.1) is 5.82 Å². The van der Waals surface area contributed by atoms with Gasteiger partial charge in [-0.3, -0.25) is 9.69 Å². The highest BCUT2D eigenvalue weighted by Crippen LogP contribution is 2.29. The van der Waals surface area contributed by atoms with Crippen LogP contribution < -0.4 is 5.32 Å². The van der Waals surface area contributed by atoms with Gasteiger partial charge >= 0.3 is 0 Å². The Balaban J connectivity index is 1.73. The summed E-state index contributed by atoms with van der Waals surface area (Å²) in [4.78, 5) is 13.7. The van der Waals surface area contributed by atoms with Crippen LogP contribution in [-0.4, -0.2) is 67.1 Å². The van der Waals surface area contributed by atoms with Crippen molar-refractivity contribution >= 4 is 5.91 Å². The minimum atomic E-state index is -0.619. The molecule has 3 rings (SSSR count). The molecule has 0 saturated carbocycles. The number of halogens is 1. The molecule has 0 aliphatic carbocycles. The lowest BCUT2D eigenvalue weighted by atomic mass is 9.94. The largest absolute Gasteiger partial charge is 0.389 e. The molecular weight excluding hydrogens is 339 g/mol. The highest BCUT2D eigenvalue weighted by Gasteiger charge is 2.38. The maximum atomic E-state index is 14.1. The molecule has 6 nitrogen and oxygen atoms in total. The standard InChI is InChI=1S/C19H27FN2O4/c1-21-19(24)8-15-6-7-17-18(26-15)12-25-11-14(23)10-22(17)9-13-4-2-3-5-16(13)20/h2-5,14-15,17-18,23H,6-12H2,1H3,(H,21,24)/t14-,15-,17+,18-/m0/s1. The van der Waals surface area contributed by atoms with E-state index < -0.39 is 6.10 Å². The van der Waals surface area contributed by atoms with E-state index in [1.807, 2.05) is 6.07 Å². The molecule has 4 atom stereocenters. The number of benzene rings is 1. The zero-order valence-electron chi connectivity index (χ0n) is 15.1. The molecule has 0 aromatic heterocycles. The van der Waals surface area contributed by atoms with Crippen molar-refractivity contribution in [3.05, 3.63) is 35.6 Å². The second-order valence-corrected chi connectivity index (χ2v) is 7.03. The molecule has 0 bridgehead atoms. The van der Waals surface area contributed by atoms with Gasteiger partial charge in [-0.15, -0.1) is 0 Å². The van der Waals surface area contributed by atoms with E-state index in [-0.39, 0.29) is 36.6 Å². The molecule has 144 valence electrons. The first-order valence-corrected chi connectivity index (χ1v) is 9.16. The Morgan fingerprint density at radius 2 is 2.15 bits per heavy atom. The minimum Gasteiger partial charge on any atom is -0.389 e. The van der Waals surface area contributed by atoms with Crippen molar-refractivity contribution in [1.29, 1.82) is 0 Å². The zero-order chi connectivity index (χ0) is 18.5. The Bertz CT molecular complexity index is 615. The number of hydrogen-bond acceptors (Lipinski definition) is 5. The van der Waals surface area contributed by atoms with Gasteiger partial charge in [-0.2, -0.15) is 0 Å².